The van der Waals surface area contributed by atoms with E-state index in [1.807, 2.05) is 6.07 Å². The van der Waals surface area contributed by atoms with Crippen molar-refractivity contribution in [2.45, 2.75) is 12.0 Å². The molecule has 1 amide bonds. The zero-order chi connectivity index (χ0) is 18.2. The lowest BCUT2D eigenvalue weighted by atomic mass is 9.88. The van der Waals surface area contributed by atoms with Gasteiger partial charge in [0.15, 0.2) is 11.4 Å². The van der Waals surface area contributed by atoms with E-state index in [0.717, 1.165) is 8.95 Å². The Bertz CT molecular complexity index is 881. The number of anilines is 1. The highest BCUT2D eigenvalue weighted by molar-refractivity contribution is 9.10. The van der Waals surface area contributed by atoms with Crippen LogP contribution in [0.5, 0.6) is 0 Å². The van der Waals surface area contributed by atoms with Gasteiger partial charge in [-0.3, -0.25) is 9.59 Å². The van der Waals surface area contributed by atoms with Crippen LogP contribution in [0.25, 0.3) is 0 Å². The van der Waals surface area contributed by atoms with Crippen LogP contribution in [0.4, 0.5) is 5.69 Å². The zero-order valence-corrected chi connectivity index (χ0v) is 16.4. The number of hydrogen-bond donors (Lipinski definition) is 1. The van der Waals surface area contributed by atoms with Crippen molar-refractivity contribution < 1.29 is 14.7 Å². The van der Waals surface area contributed by atoms with Gasteiger partial charge in [0.2, 0.25) is 0 Å². The number of hydrogen-bond acceptors (Lipinski definition) is 3. The van der Waals surface area contributed by atoms with Crippen LogP contribution in [0.2, 0.25) is 0 Å². The second-order valence-electron chi connectivity index (χ2n) is 5.84. The van der Waals surface area contributed by atoms with Crippen LogP contribution >= 0.6 is 31.9 Å². The first-order valence-corrected chi connectivity index (χ1v) is 9.19. The summed E-state index contributed by atoms with van der Waals surface area (Å²) < 4.78 is 1.49. The molecule has 1 heterocycles. The van der Waals surface area contributed by atoms with Crippen LogP contribution < -0.4 is 4.90 Å². The number of Topliss-reactive ketones (excluding diaryl/α,β-unsaturated/α-hetero) is 1. The van der Waals surface area contributed by atoms with Crippen LogP contribution in [0.1, 0.15) is 22.3 Å². The molecule has 0 fully saturated rings. The molecule has 2 aromatic rings. The van der Waals surface area contributed by atoms with Crippen molar-refractivity contribution in [3.05, 3.63) is 75.2 Å². The van der Waals surface area contributed by atoms with Crippen LogP contribution in [-0.4, -0.2) is 23.3 Å². The highest BCUT2D eigenvalue weighted by Crippen LogP contribution is 2.44. The summed E-state index contributed by atoms with van der Waals surface area (Å²) in [5, 5.41) is 11.2. The molecule has 6 heteroatoms. The topological polar surface area (TPSA) is 57.6 Å². The Morgan fingerprint density at radius 1 is 1.20 bits per heavy atom. The summed E-state index contributed by atoms with van der Waals surface area (Å²) in [5.74, 6) is -0.813. The van der Waals surface area contributed by atoms with Crippen molar-refractivity contribution in [2.75, 3.05) is 11.4 Å². The minimum absolute atomic E-state index is 0.265. The SMILES string of the molecule is C=CCN1C(=O)[C@](O)(CC(=O)c2cccc(Br)c2)c2cc(Br)ccc21. The Morgan fingerprint density at radius 2 is 1.92 bits per heavy atom. The average Bonchev–Trinajstić information content (AvgIpc) is 2.77. The summed E-state index contributed by atoms with van der Waals surface area (Å²) in [5.41, 5.74) is -0.425. The second-order valence-corrected chi connectivity index (χ2v) is 7.67. The molecule has 0 radical (unpaired) electrons. The van der Waals surface area contributed by atoms with Crippen molar-refractivity contribution in [3.63, 3.8) is 0 Å². The molecule has 1 atom stereocenters. The second kappa shape index (κ2) is 6.86. The largest absolute Gasteiger partial charge is 0.375 e. The van der Waals surface area contributed by atoms with Gasteiger partial charge in [0.25, 0.3) is 5.91 Å². The van der Waals surface area contributed by atoms with E-state index in [4.69, 9.17) is 0 Å². The highest BCUT2D eigenvalue weighted by atomic mass is 79.9. The third kappa shape index (κ3) is 3.21. The number of nitrogens with zero attached hydrogens (tertiary/aromatic N) is 1. The van der Waals surface area contributed by atoms with Gasteiger partial charge in [-0.05, 0) is 30.3 Å². The predicted octanol–water partition coefficient (Wildman–Crippen LogP) is 4.20. The van der Waals surface area contributed by atoms with Gasteiger partial charge >= 0.3 is 0 Å². The smallest absolute Gasteiger partial charge is 0.264 e. The van der Waals surface area contributed by atoms with Crippen molar-refractivity contribution in [2.24, 2.45) is 0 Å². The summed E-state index contributed by atoms with van der Waals surface area (Å²) in [6.45, 7) is 3.92. The Morgan fingerprint density at radius 3 is 2.60 bits per heavy atom. The number of amides is 1. The summed E-state index contributed by atoms with van der Waals surface area (Å²) in [7, 11) is 0. The molecule has 3 rings (SSSR count). The molecule has 0 aromatic heterocycles. The maximum atomic E-state index is 12.9. The van der Waals surface area contributed by atoms with Gasteiger partial charge in [-0.25, -0.2) is 0 Å². The van der Waals surface area contributed by atoms with Gasteiger partial charge in [-0.1, -0.05) is 50.1 Å². The van der Waals surface area contributed by atoms with Gasteiger partial charge in [0, 0.05) is 26.6 Å². The fourth-order valence-electron chi connectivity index (χ4n) is 3.00. The number of aliphatic hydroxyl groups is 1. The van der Waals surface area contributed by atoms with E-state index in [2.05, 4.69) is 38.4 Å². The molecule has 1 aliphatic heterocycles. The third-order valence-electron chi connectivity index (χ3n) is 4.17. The molecule has 0 unspecified atom stereocenters. The van der Waals surface area contributed by atoms with E-state index < -0.39 is 11.5 Å². The molecule has 0 bridgehead atoms. The number of fused-ring (bicyclic) bond motifs is 1. The van der Waals surface area contributed by atoms with Crippen LogP contribution in [0, 0.1) is 0 Å². The molecule has 0 aliphatic carbocycles. The van der Waals surface area contributed by atoms with E-state index in [9.17, 15) is 14.7 Å². The first-order chi connectivity index (χ1) is 11.9. The minimum Gasteiger partial charge on any atom is -0.375 e. The Hall–Kier alpha value is -1.76. The highest BCUT2D eigenvalue weighted by Gasteiger charge is 2.50. The van der Waals surface area contributed by atoms with E-state index >= 15 is 0 Å². The van der Waals surface area contributed by atoms with E-state index in [1.54, 1.807) is 42.5 Å². The Kier molecular flexibility index (Phi) is 4.95. The number of benzene rings is 2. The fourth-order valence-corrected chi connectivity index (χ4v) is 3.76. The Balaban J connectivity index is 2.02. The predicted molar refractivity (Wildman–Crippen MR) is 104 cm³/mol. The zero-order valence-electron chi connectivity index (χ0n) is 13.2. The Labute approximate surface area is 162 Å². The minimum atomic E-state index is -1.89. The first-order valence-electron chi connectivity index (χ1n) is 7.61. The number of halogens is 2. The number of carbonyl (C=O) groups is 2. The molecule has 4 nitrogen and oxygen atoms in total. The average molecular weight is 465 g/mol. The van der Waals surface area contributed by atoms with Gasteiger partial charge in [0.05, 0.1) is 12.1 Å². The number of ketones is 1. The van der Waals surface area contributed by atoms with Gasteiger partial charge in [0.1, 0.15) is 0 Å². The van der Waals surface area contributed by atoms with Gasteiger partial charge in [-0.15, -0.1) is 6.58 Å². The number of rotatable bonds is 5. The summed E-state index contributed by atoms with van der Waals surface area (Å²) in [4.78, 5) is 27.0. The maximum absolute atomic E-state index is 12.9. The first kappa shape index (κ1) is 18.0. The van der Waals surface area contributed by atoms with Crippen LogP contribution in [0.15, 0.2) is 64.1 Å². The van der Waals surface area contributed by atoms with Crippen LogP contribution in [-0.2, 0) is 10.4 Å². The molecular formula is C19H15Br2NO3. The molecule has 25 heavy (non-hydrogen) atoms. The van der Waals surface area contributed by atoms with Crippen molar-refractivity contribution >= 4 is 49.2 Å². The van der Waals surface area contributed by atoms with Crippen molar-refractivity contribution in [1.29, 1.82) is 0 Å². The molecule has 0 spiro atoms. The lowest BCUT2D eigenvalue weighted by Crippen LogP contribution is -2.41. The van der Waals surface area contributed by atoms with Crippen molar-refractivity contribution in [1.82, 2.24) is 0 Å². The molecule has 1 N–H and O–H groups in total. The maximum Gasteiger partial charge on any atom is 0.264 e. The molecule has 128 valence electrons. The van der Waals surface area contributed by atoms with E-state index in [0.29, 0.717) is 16.8 Å². The molecule has 1 aliphatic rings. The summed E-state index contributed by atoms with van der Waals surface area (Å²) in [6, 6.07) is 12.1. The van der Waals surface area contributed by atoms with E-state index in [-0.39, 0.29) is 18.7 Å². The molecular weight excluding hydrogens is 450 g/mol. The third-order valence-corrected chi connectivity index (χ3v) is 5.16. The normalized spacial score (nSPS) is 19.0. The quantitative estimate of drug-likeness (QED) is 0.532. The summed E-state index contributed by atoms with van der Waals surface area (Å²) in [6.07, 6.45) is 1.27. The van der Waals surface area contributed by atoms with Gasteiger partial charge < -0.3 is 10.0 Å². The van der Waals surface area contributed by atoms with Crippen molar-refractivity contribution in [3.8, 4) is 0 Å². The molecule has 0 saturated heterocycles. The number of carbonyl (C=O) groups excluding carboxylic acids is 2. The molecule has 0 saturated carbocycles. The lowest BCUT2D eigenvalue weighted by molar-refractivity contribution is -0.135. The summed E-state index contributed by atoms with van der Waals surface area (Å²) >= 11 is 6.69. The fraction of sp³-hybridized carbons (Fsp3) is 0.158. The van der Waals surface area contributed by atoms with Crippen LogP contribution in [0.3, 0.4) is 0 Å². The lowest BCUT2D eigenvalue weighted by Gasteiger charge is -2.22. The van der Waals surface area contributed by atoms with Gasteiger partial charge in [-0.2, -0.15) is 0 Å². The monoisotopic (exact) mass is 463 g/mol. The molecule has 2 aromatic carbocycles. The standard InChI is InChI=1S/C19H15Br2NO3/c1-2-8-22-16-7-6-14(21)10-15(16)19(25,18(22)24)11-17(23)12-4-3-5-13(20)9-12/h2-7,9-10,25H,1,8,11H2/t19-/m0/s1. The van der Waals surface area contributed by atoms with E-state index in [1.165, 1.54) is 4.90 Å².